The molecule has 1 aliphatic rings. The molecule has 2 nitrogen and oxygen atoms in total. The first-order valence-electron chi connectivity index (χ1n) is 7.06. The molecule has 2 unspecified atom stereocenters. The molecule has 0 radical (unpaired) electrons. The number of hydrogen-bond acceptors (Lipinski definition) is 3. The molecule has 18 heavy (non-hydrogen) atoms. The third-order valence-corrected chi connectivity index (χ3v) is 4.76. The molecule has 1 aliphatic heterocycles. The van der Waals surface area contributed by atoms with Crippen molar-refractivity contribution in [3.8, 4) is 0 Å². The zero-order valence-corrected chi connectivity index (χ0v) is 12.8. The molecule has 3 heteroatoms. The minimum absolute atomic E-state index is 0.638. The van der Waals surface area contributed by atoms with E-state index < -0.39 is 0 Å². The molecular weight excluding hydrogens is 240 g/mol. The van der Waals surface area contributed by atoms with Gasteiger partial charge in [-0.25, -0.2) is 0 Å². The fourth-order valence-corrected chi connectivity index (χ4v) is 3.42. The molecule has 1 aromatic rings. The highest BCUT2D eigenvalue weighted by Gasteiger charge is 2.30. The molecule has 0 aliphatic carbocycles. The van der Waals surface area contributed by atoms with Gasteiger partial charge in [0, 0.05) is 31.7 Å². The molecule has 0 bridgehead atoms. The number of piperazine rings is 1. The summed E-state index contributed by atoms with van der Waals surface area (Å²) in [5.41, 5.74) is 1.47. The Bertz CT molecular complexity index is 345. The first-order valence-corrected chi connectivity index (χ1v) is 8.00. The van der Waals surface area contributed by atoms with E-state index in [1.165, 1.54) is 12.1 Å². The van der Waals surface area contributed by atoms with E-state index in [0.717, 1.165) is 13.1 Å². The molecule has 2 rings (SSSR count). The minimum Gasteiger partial charge on any atom is -0.311 e. The van der Waals surface area contributed by atoms with Crippen LogP contribution in [0, 0.1) is 11.8 Å². The Balaban J connectivity index is 2.04. The molecule has 1 fully saturated rings. The standard InChI is InChI=1S/C15H26N2S/c1-11(2)14-9-17(8-13-5-6-18-10-13)15(7-16-14)12(3)4/h5-6,10-12,14-16H,7-9H2,1-4H3. The highest BCUT2D eigenvalue weighted by Crippen LogP contribution is 2.21. The van der Waals surface area contributed by atoms with Crippen LogP contribution in [-0.4, -0.2) is 30.1 Å². The van der Waals surface area contributed by atoms with E-state index in [-0.39, 0.29) is 0 Å². The molecule has 1 saturated heterocycles. The lowest BCUT2D eigenvalue weighted by atomic mass is 9.94. The summed E-state index contributed by atoms with van der Waals surface area (Å²) in [4.78, 5) is 2.67. The van der Waals surface area contributed by atoms with Gasteiger partial charge in [-0.3, -0.25) is 4.90 Å². The van der Waals surface area contributed by atoms with Crippen LogP contribution in [0.25, 0.3) is 0 Å². The van der Waals surface area contributed by atoms with Crippen LogP contribution in [0.2, 0.25) is 0 Å². The zero-order chi connectivity index (χ0) is 13.1. The number of nitrogens with one attached hydrogen (secondary N) is 1. The summed E-state index contributed by atoms with van der Waals surface area (Å²) in [5.74, 6) is 1.42. The predicted molar refractivity (Wildman–Crippen MR) is 80.0 cm³/mol. The molecule has 1 aromatic heterocycles. The summed E-state index contributed by atoms with van der Waals surface area (Å²) in [5, 5.41) is 8.18. The van der Waals surface area contributed by atoms with E-state index in [1.807, 2.05) is 0 Å². The SMILES string of the molecule is CC(C)C1CN(Cc2ccsc2)C(C(C)C)CN1. The van der Waals surface area contributed by atoms with E-state index in [2.05, 4.69) is 54.7 Å². The van der Waals surface area contributed by atoms with Crippen molar-refractivity contribution in [3.05, 3.63) is 22.4 Å². The summed E-state index contributed by atoms with van der Waals surface area (Å²) >= 11 is 1.80. The van der Waals surface area contributed by atoms with E-state index in [0.29, 0.717) is 23.9 Å². The van der Waals surface area contributed by atoms with Gasteiger partial charge in [-0.2, -0.15) is 11.3 Å². The topological polar surface area (TPSA) is 15.3 Å². The van der Waals surface area contributed by atoms with Crippen LogP contribution in [-0.2, 0) is 6.54 Å². The van der Waals surface area contributed by atoms with Crippen molar-refractivity contribution < 1.29 is 0 Å². The Morgan fingerprint density at radius 2 is 2.11 bits per heavy atom. The van der Waals surface area contributed by atoms with Crippen LogP contribution in [0.3, 0.4) is 0 Å². The maximum absolute atomic E-state index is 3.72. The van der Waals surface area contributed by atoms with Gasteiger partial charge in [-0.15, -0.1) is 0 Å². The molecule has 1 N–H and O–H groups in total. The van der Waals surface area contributed by atoms with Crippen molar-refractivity contribution >= 4 is 11.3 Å². The molecular formula is C15H26N2S. The Hall–Kier alpha value is -0.380. The number of nitrogens with zero attached hydrogens (tertiary/aromatic N) is 1. The van der Waals surface area contributed by atoms with Crippen LogP contribution >= 0.6 is 11.3 Å². The quantitative estimate of drug-likeness (QED) is 0.900. The van der Waals surface area contributed by atoms with Gasteiger partial charge in [-0.1, -0.05) is 27.7 Å². The summed E-state index contributed by atoms with van der Waals surface area (Å²) in [7, 11) is 0. The Kier molecular flexibility index (Phi) is 4.82. The van der Waals surface area contributed by atoms with E-state index in [1.54, 1.807) is 11.3 Å². The van der Waals surface area contributed by atoms with E-state index >= 15 is 0 Å². The van der Waals surface area contributed by atoms with Crippen molar-refractivity contribution in [1.29, 1.82) is 0 Å². The molecule has 102 valence electrons. The van der Waals surface area contributed by atoms with Gasteiger partial charge < -0.3 is 5.32 Å². The normalized spacial score (nSPS) is 26.1. The minimum atomic E-state index is 0.638. The maximum Gasteiger partial charge on any atom is 0.0247 e. The molecule has 0 saturated carbocycles. The third kappa shape index (κ3) is 3.34. The summed E-state index contributed by atoms with van der Waals surface area (Å²) < 4.78 is 0. The number of hydrogen-bond donors (Lipinski definition) is 1. The first-order chi connectivity index (χ1) is 8.58. The van der Waals surface area contributed by atoms with Crippen LogP contribution < -0.4 is 5.32 Å². The van der Waals surface area contributed by atoms with Crippen molar-refractivity contribution in [2.75, 3.05) is 13.1 Å². The van der Waals surface area contributed by atoms with Gasteiger partial charge in [0.1, 0.15) is 0 Å². The van der Waals surface area contributed by atoms with Crippen molar-refractivity contribution in [2.45, 2.75) is 46.3 Å². The van der Waals surface area contributed by atoms with Gasteiger partial charge in [0.25, 0.3) is 0 Å². The number of rotatable bonds is 4. The van der Waals surface area contributed by atoms with Crippen LogP contribution in [0.15, 0.2) is 16.8 Å². The third-order valence-electron chi connectivity index (χ3n) is 4.03. The number of thiophene rings is 1. The van der Waals surface area contributed by atoms with Gasteiger partial charge in [0.15, 0.2) is 0 Å². The molecule has 0 spiro atoms. The van der Waals surface area contributed by atoms with E-state index in [9.17, 15) is 0 Å². The lowest BCUT2D eigenvalue weighted by molar-refractivity contribution is 0.0785. The second-order valence-corrected chi connectivity index (χ2v) is 6.91. The van der Waals surface area contributed by atoms with Crippen molar-refractivity contribution in [3.63, 3.8) is 0 Å². The molecule has 0 amide bonds. The van der Waals surface area contributed by atoms with Gasteiger partial charge in [0.05, 0.1) is 0 Å². The lowest BCUT2D eigenvalue weighted by Crippen LogP contribution is -2.59. The van der Waals surface area contributed by atoms with Crippen molar-refractivity contribution in [2.24, 2.45) is 11.8 Å². The molecule has 2 atom stereocenters. The van der Waals surface area contributed by atoms with Gasteiger partial charge >= 0.3 is 0 Å². The highest BCUT2D eigenvalue weighted by atomic mass is 32.1. The average molecular weight is 266 g/mol. The van der Waals surface area contributed by atoms with Crippen LogP contribution in [0.5, 0.6) is 0 Å². The summed E-state index contributed by atoms with van der Waals surface area (Å²) in [6.45, 7) is 12.7. The summed E-state index contributed by atoms with van der Waals surface area (Å²) in [6, 6.07) is 3.56. The maximum atomic E-state index is 3.72. The largest absolute Gasteiger partial charge is 0.311 e. The highest BCUT2D eigenvalue weighted by molar-refractivity contribution is 7.07. The monoisotopic (exact) mass is 266 g/mol. The van der Waals surface area contributed by atoms with Gasteiger partial charge in [-0.05, 0) is 34.2 Å². The first kappa shape index (κ1) is 14.0. The fraction of sp³-hybridized carbons (Fsp3) is 0.733. The second kappa shape index (κ2) is 6.18. The van der Waals surface area contributed by atoms with Gasteiger partial charge in [0.2, 0.25) is 0 Å². The van der Waals surface area contributed by atoms with Crippen LogP contribution in [0.1, 0.15) is 33.3 Å². The van der Waals surface area contributed by atoms with Crippen LogP contribution in [0.4, 0.5) is 0 Å². The Morgan fingerprint density at radius 3 is 2.67 bits per heavy atom. The zero-order valence-electron chi connectivity index (χ0n) is 12.0. The lowest BCUT2D eigenvalue weighted by Gasteiger charge is -2.43. The Labute approximate surface area is 115 Å². The van der Waals surface area contributed by atoms with Crippen molar-refractivity contribution in [1.82, 2.24) is 10.2 Å². The summed E-state index contributed by atoms with van der Waals surface area (Å²) in [6.07, 6.45) is 0. The molecule has 2 heterocycles. The second-order valence-electron chi connectivity index (χ2n) is 6.13. The smallest absolute Gasteiger partial charge is 0.0247 e. The predicted octanol–water partition coefficient (Wildman–Crippen LogP) is 3.20. The van der Waals surface area contributed by atoms with E-state index in [4.69, 9.17) is 0 Å². The Morgan fingerprint density at radius 1 is 1.33 bits per heavy atom. The fourth-order valence-electron chi connectivity index (χ4n) is 2.76. The average Bonchev–Trinajstić information content (AvgIpc) is 2.81. The molecule has 0 aromatic carbocycles.